The molecule has 1 aliphatic rings. The van der Waals surface area contributed by atoms with Gasteiger partial charge in [-0.05, 0) is 41.7 Å². The highest BCUT2D eigenvalue weighted by molar-refractivity contribution is 6.82. The molecule has 3 heteroatoms. The zero-order chi connectivity index (χ0) is 16.5. The number of hydrogen-bond donors (Lipinski definition) is 0. The largest absolute Gasteiger partial charge is 0.379 e. The van der Waals surface area contributed by atoms with E-state index in [9.17, 15) is 4.79 Å². The lowest BCUT2D eigenvalue weighted by Crippen LogP contribution is -2.51. The highest BCUT2D eigenvalue weighted by Crippen LogP contribution is 2.43. The van der Waals surface area contributed by atoms with Crippen LogP contribution in [0.2, 0.25) is 16.6 Å². The molecule has 2 nitrogen and oxygen atoms in total. The smallest absolute Gasteiger partial charge is 0.168 e. The molecule has 0 radical (unpaired) electrons. The Hall–Kier alpha value is -1.09. The highest BCUT2D eigenvalue weighted by atomic mass is 28.3. The fourth-order valence-electron chi connectivity index (χ4n) is 4.73. The Morgan fingerprint density at radius 1 is 1.05 bits per heavy atom. The van der Waals surface area contributed by atoms with E-state index >= 15 is 0 Å². The molecule has 0 saturated carbocycles. The lowest BCUT2D eigenvalue weighted by atomic mass is 9.94. The summed E-state index contributed by atoms with van der Waals surface area (Å²) in [7, 11) is -1.69. The predicted octanol–water partition coefficient (Wildman–Crippen LogP) is 5.65. The molecular formula is C19H31NOSi. The summed E-state index contributed by atoms with van der Waals surface area (Å²) < 4.78 is 2.52. The molecule has 0 amide bonds. The molecule has 0 atom stereocenters. The Balaban J connectivity index is 2.48. The van der Waals surface area contributed by atoms with Crippen molar-refractivity contribution in [2.24, 2.45) is 0 Å². The number of rotatable bonds is 5. The van der Waals surface area contributed by atoms with Gasteiger partial charge in [-0.2, -0.15) is 0 Å². The molecule has 0 bridgehead atoms. The number of aromatic nitrogens is 1. The lowest BCUT2D eigenvalue weighted by molar-refractivity contribution is -0.114. The monoisotopic (exact) mass is 317 g/mol. The van der Waals surface area contributed by atoms with Gasteiger partial charge < -0.3 is 4.23 Å². The molecule has 0 aromatic carbocycles. The van der Waals surface area contributed by atoms with Gasteiger partial charge in [0.05, 0.1) is 0 Å². The van der Waals surface area contributed by atoms with Gasteiger partial charge in [-0.1, -0.05) is 47.6 Å². The first kappa shape index (κ1) is 17.3. The van der Waals surface area contributed by atoms with Gasteiger partial charge in [-0.3, -0.25) is 4.79 Å². The first-order chi connectivity index (χ1) is 10.3. The first-order valence-electron chi connectivity index (χ1n) is 8.74. The van der Waals surface area contributed by atoms with Crippen LogP contribution in [-0.4, -0.2) is 18.3 Å². The first-order valence-corrected chi connectivity index (χ1v) is 10.9. The van der Waals surface area contributed by atoms with Crippen LogP contribution in [0.3, 0.4) is 0 Å². The Morgan fingerprint density at radius 2 is 1.64 bits per heavy atom. The van der Waals surface area contributed by atoms with Crippen molar-refractivity contribution in [3.63, 3.8) is 0 Å². The minimum absolute atomic E-state index is 0.315. The van der Waals surface area contributed by atoms with E-state index in [1.165, 1.54) is 0 Å². The van der Waals surface area contributed by atoms with Gasteiger partial charge in [0.25, 0.3) is 0 Å². The topological polar surface area (TPSA) is 22.0 Å². The van der Waals surface area contributed by atoms with Crippen LogP contribution in [0, 0.1) is 0 Å². The molecule has 122 valence electrons. The van der Waals surface area contributed by atoms with Crippen LogP contribution in [0.5, 0.6) is 0 Å². The van der Waals surface area contributed by atoms with Gasteiger partial charge >= 0.3 is 0 Å². The minimum atomic E-state index is -1.69. The standard InChI is InChI=1S/C19H31NOSi/c1-14(2)22(15(3)4,16(5)6)20-12-11-17(13-20)18-9-7-8-10-19(18)21/h9,11-16H,7-8,10H2,1-6H3. The SMILES string of the molecule is CC(C)[Si](C(C)C)(C(C)C)n1ccc(C2=CCCCC2=O)c1. The highest BCUT2D eigenvalue weighted by Gasteiger charge is 2.45. The van der Waals surface area contributed by atoms with Gasteiger partial charge in [0.2, 0.25) is 0 Å². The molecule has 2 rings (SSSR count). The number of ketones is 1. The summed E-state index contributed by atoms with van der Waals surface area (Å²) in [6.07, 6.45) is 9.39. The van der Waals surface area contributed by atoms with Gasteiger partial charge in [0.15, 0.2) is 14.0 Å². The van der Waals surface area contributed by atoms with Gasteiger partial charge in [-0.25, -0.2) is 0 Å². The van der Waals surface area contributed by atoms with Crippen molar-refractivity contribution < 1.29 is 4.79 Å². The number of nitrogens with zero attached hydrogens (tertiary/aromatic N) is 1. The number of hydrogen-bond acceptors (Lipinski definition) is 1. The third kappa shape index (κ3) is 2.76. The zero-order valence-corrected chi connectivity index (χ0v) is 16.0. The molecule has 22 heavy (non-hydrogen) atoms. The zero-order valence-electron chi connectivity index (χ0n) is 15.0. The molecule has 0 fully saturated rings. The maximum Gasteiger partial charge on any atom is 0.168 e. The number of Topliss-reactive ketones (excluding diaryl/α,β-unsaturated/α-hetero) is 1. The lowest BCUT2D eigenvalue weighted by Gasteiger charge is -2.44. The maximum absolute atomic E-state index is 12.2. The van der Waals surface area contributed by atoms with E-state index in [0.717, 1.165) is 24.0 Å². The summed E-state index contributed by atoms with van der Waals surface area (Å²) >= 11 is 0. The van der Waals surface area contributed by atoms with Crippen molar-refractivity contribution in [1.29, 1.82) is 0 Å². The van der Waals surface area contributed by atoms with Crippen molar-refractivity contribution in [1.82, 2.24) is 4.23 Å². The second-order valence-electron chi connectivity index (χ2n) is 7.59. The summed E-state index contributed by atoms with van der Waals surface area (Å²) in [4.78, 5) is 12.2. The Kier molecular flexibility index (Phi) is 5.16. The van der Waals surface area contributed by atoms with Crippen molar-refractivity contribution in [3.8, 4) is 0 Å². The molecule has 0 spiro atoms. The molecule has 1 aromatic heterocycles. The Labute approximate surface area is 136 Å². The van der Waals surface area contributed by atoms with E-state index < -0.39 is 8.24 Å². The summed E-state index contributed by atoms with van der Waals surface area (Å²) in [5, 5.41) is 0. The summed E-state index contributed by atoms with van der Waals surface area (Å²) in [6, 6.07) is 2.16. The van der Waals surface area contributed by atoms with Crippen molar-refractivity contribution in [3.05, 3.63) is 30.1 Å². The van der Waals surface area contributed by atoms with Gasteiger partial charge in [0.1, 0.15) is 0 Å². The van der Waals surface area contributed by atoms with Crippen molar-refractivity contribution in [2.45, 2.75) is 77.4 Å². The minimum Gasteiger partial charge on any atom is -0.379 e. The summed E-state index contributed by atoms with van der Waals surface area (Å²) in [5.41, 5.74) is 4.09. The molecule has 1 aliphatic carbocycles. The van der Waals surface area contributed by atoms with Crippen LogP contribution in [0.25, 0.3) is 5.57 Å². The average Bonchev–Trinajstić information content (AvgIpc) is 2.88. The predicted molar refractivity (Wildman–Crippen MR) is 97.7 cm³/mol. The van der Waals surface area contributed by atoms with Gasteiger partial charge in [-0.15, -0.1) is 0 Å². The molecular weight excluding hydrogens is 286 g/mol. The van der Waals surface area contributed by atoms with Crippen LogP contribution in [0.4, 0.5) is 0 Å². The normalized spacial score (nSPS) is 16.8. The molecule has 1 heterocycles. The maximum atomic E-state index is 12.2. The molecule has 0 saturated heterocycles. The van der Waals surface area contributed by atoms with Crippen molar-refractivity contribution >= 4 is 19.6 Å². The number of allylic oxidation sites excluding steroid dienone is 2. The van der Waals surface area contributed by atoms with E-state index in [2.05, 4.69) is 70.3 Å². The Bertz CT molecular complexity index is 544. The molecule has 0 N–H and O–H groups in total. The van der Waals surface area contributed by atoms with E-state index in [1.54, 1.807) is 0 Å². The van der Waals surface area contributed by atoms with Crippen LogP contribution >= 0.6 is 0 Å². The quantitative estimate of drug-likeness (QED) is 0.643. The molecule has 1 aromatic rings. The van der Waals surface area contributed by atoms with Crippen molar-refractivity contribution in [2.75, 3.05) is 0 Å². The van der Waals surface area contributed by atoms with Crippen LogP contribution in [0.1, 0.15) is 66.4 Å². The average molecular weight is 318 g/mol. The summed E-state index contributed by atoms with van der Waals surface area (Å²) in [6.45, 7) is 14.2. The van der Waals surface area contributed by atoms with Crippen LogP contribution in [-0.2, 0) is 4.79 Å². The molecule has 0 aliphatic heterocycles. The van der Waals surface area contributed by atoms with Gasteiger partial charge in [0, 0.05) is 23.8 Å². The fourth-order valence-corrected chi connectivity index (χ4v) is 11.2. The summed E-state index contributed by atoms with van der Waals surface area (Å²) in [5.74, 6) is 0.315. The third-order valence-electron chi connectivity index (χ3n) is 5.48. The van der Waals surface area contributed by atoms with E-state index in [4.69, 9.17) is 0 Å². The molecule has 0 unspecified atom stereocenters. The number of carbonyl (C=O) groups is 1. The second-order valence-corrected chi connectivity index (χ2v) is 13.3. The van der Waals surface area contributed by atoms with Crippen LogP contribution < -0.4 is 0 Å². The Morgan fingerprint density at radius 3 is 2.14 bits per heavy atom. The third-order valence-corrected chi connectivity index (χ3v) is 12.2. The van der Waals surface area contributed by atoms with E-state index in [1.807, 2.05) is 0 Å². The van der Waals surface area contributed by atoms with E-state index in [0.29, 0.717) is 28.8 Å². The number of carbonyl (C=O) groups excluding carboxylic acids is 1. The van der Waals surface area contributed by atoms with E-state index in [-0.39, 0.29) is 0 Å². The fraction of sp³-hybridized carbons (Fsp3) is 0.632. The van der Waals surface area contributed by atoms with Crippen LogP contribution in [0.15, 0.2) is 24.5 Å². The second kappa shape index (κ2) is 6.57.